The molecule has 1 fully saturated rings. The molecule has 0 bridgehead atoms. The second kappa shape index (κ2) is 6.75. The van der Waals surface area contributed by atoms with Crippen molar-refractivity contribution >= 4 is 17.4 Å². The van der Waals surface area contributed by atoms with Gasteiger partial charge in [-0.15, -0.1) is 0 Å². The van der Waals surface area contributed by atoms with Crippen LogP contribution in [0.15, 0.2) is 42.6 Å². The first-order valence-corrected chi connectivity index (χ1v) is 7.65. The molecule has 1 saturated carbocycles. The topological polar surface area (TPSA) is 80.0 Å². The molecule has 5 nitrogen and oxygen atoms in total. The number of carbonyl (C=O) groups excluding carboxylic acids is 1. The molecule has 6 heteroatoms. The lowest BCUT2D eigenvalue weighted by Crippen LogP contribution is -2.38. The lowest BCUT2D eigenvalue weighted by molar-refractivity contribution is 0.0951. The van der Waals surface area contributed by atoms with Crippen LogP contribution in [0.4, 0.5) is 15.9 Å². The maximum Gasteiger partial charge on any atom is 0.255 e. The van der Waals surface area contributed by atoms with Crippen LogP contribution >= 0.6 is 0 Å². The molecule has 1 aromatic carbocycles. The highest BCUT2D eigenvalue weighted by Crippen LogP contribution is 2.31. The molecule has 1 unspecified atom stereocenters. The second-order valence-electron chi connectivity index (χ2n) is 5.72. The lowest BCUT2D eigenvalue weighted by atomic mass is 10.2. The summed E-state index contributed by atoms with van der Waals surface area (Å²) < 4.78 is 13.8. The number of carbonyl (C=O) groups is 1. The third kappa shape index (κ3) is 3.84. The second-order valence-corrected chi connectivity index (χ2v) is 5.72. The number of para-hydroxylation sites is 1. The standard InChI is InChI=1S/C17H19FN4O/c18-13-5-1-2-6-15(13)22-16-12(4-3-9-20-16)17(23)21-10-14(19)11-7-8-11/h1-6,9,11,14H,7-8,10,19H2,(H,20,22)(H,21,23). The zero-order chi connectivity index (χ0) is 16.2. The molecule has 23 heavy (non-hydrogen) atoms. The Morgan fingerprint density at radius 1 is 1.30 bits per heavy atom. The molecule has 1 aromatic heterocycles. The Labute approximate surface area is 134 Å². The molecule has 2 aromatic rings. The summed E-state index contributed by atoms with van der Waals surface area (Å²) in [4.78, 5) is 16.5. The van der Waals surface area contributed by atoms with Crippen LogP contribution < -0.4 is 16.4 Å². The molecule has 120 valence electrons. The fourth-order valence-corrected chi connectivity index (χ4v) is 2.38. The van der Waals surface area contributed by atoms with Gasteiger partial charge in [0.15, 0.2) is 0 Å². The molecule has 0 saturated heterocycles. The van der Waals surface area contributed by atoms with Crippen LogP contribution in [0.2, 0.25) is 0 Å². The summed E-state index contributed by atoms with van der Waals surface area (Å²) >= 11 is 0. The molecule has 4 N–H and O–H groups in total. The number of halogens is 1. The summed E-state index contributed by atoms with van der Waals surface area (Å²) in [5, 5.41) is 5.69. The van der Waals surface area contributed by atoms with E-state index in [2.05, 4.69) is 15.6 Å². The van der Waals surface area contributed by atoms with Crippen molar-refractivity contribution in [2.75, 3.05) is 11.9 Å². The third-order valence-electron chi connectivity index (χ3n) is 3.91. The molecule has 1 atom stereocenters. The number of amides is 1. The monoisotopic (exact) mass is 314 g/mol. The highest BCUT2D eigenvalue weighted by atomic mass is 19.1. The van der Waals surface area contributed by atoms with E-state index in [1.165, 1.54) is 6.07 Å². The number of benzene rings is 1. The van der Waals surface area contributed by atoms with Crippen LogP contribution in [0.1, 0.15) is 23.2 Å². The largest absolute Gasteiger partial charge is 0.350 e. The van der Waals surface area contributed by atoms with Gasteiger partial charge in [-0.1, -0.05) is 12.1 Å². The first kappa shape index (κ1) is 15.4. The van der Waals surface area contributed by atoms with Crippen LogP contribution in [0.25, 0.3) is 0 Å². The SMILES string of the molecule is NC(CNC(=O)c1cccnc1Nc1ccccc1F)C1CC1. The van der Waals surface area contributed by atoms with E-state index in [0.29, 0.717) is 23.8 Å². The summed E-state index contributed by atoms with van der Waals surface area (Å²) in [6.07, 6.45) is 3.81. The van der Waals surface area contributed by atoms with Crippen molar-refractivity contribution in [2.45, 2.75) is 18.9 Å². The Kier molecular flexibility index (Phi) is 4.52. The summed E-state index contributed by atoms with van der Waals surface area (Å²) in [7, 11) is 0. The molecule has 3 rings (SSSR count). The number of rotatable bonds is 6. The van der Waals surface area contributed by atoms with Gasteiger partial charge in [-0.2, -0.15) is 0 Å². The molecule has 1 aliphatic rings. The first-order valence-electron chi connectivity index (χ1n) is 7.65. The zero-order valence-electron chi connectivity index (χ0n) is 12.6. The summed E-state index contributed by atoms with van der Waals surface area (Å²) in [6, 6.07) is 9.55. The molecule has 1 heterocycles. The van der Waals surface area contributed by atoms with E-state index >= 15 is 0 Å². The van der Waals surface area contributed by atoms with Crippen LogP contribution in [-0.2, 0) is 0 Å². The average Bonchev–Trinajstić information content (AvgIpc) is 3.40. The van der Waals surface area contributed by atoms with E-state index in [9.17, 15) is 9.18 Å². The summed E-state index contributed by atoms with van der Waals surface area (Å²) in [5.74, 6) is 0.156. The predicted octanol–water partition coefficient (Wildman–Crippen LogP) is 2.43. The quantitative estimate of drug-likeness (QED) is 0.765. The fraction of sp³-hybridized carbons (Fsp3) is 0.294. The van der Waals surface area contributed by atoms with Crippen molar-refractivity contribution in [3.05, 3.63) is 54.0 Å². The predicted molar refractivity (Wildman–Crippen MR) is 87.0 cm³/mol. The van der Waals surface area contributed by atoms with Gasteiger partial charge in [0.2, 0.25) is 0 Å². The number of hydrogen-bond acceptors (Lipinski definition) is 4. The third-order valence-corrected chi connectivity index (χ3v) is 3.91. The highest BCUT2D eigenvalue weighted by Gasteiger charge is 2.28. The van der Waals surface area contributed by atoms with E-state index in [1.54, 1.807) is 36.5 Å². The van der Waals surface area contributed by atoms with Gasteiger partial charge in [-0.05, 0) is 43.0 Å². The van der Waals surface area contributed by atoms with Crippen LogP contribution in [0, 0.1) is 11.7 Å². The fourth-order valence-electron chi connectivity index (χ4n) is 2.38. The van der Waals surface area contributed by atoms with E-state index in [-0.39, 0.29) is 17.6 Å². The number of nitrogens with two attached hydrogens (primary N) is 1. The van der Waals surface area contributed by atoms with E-state index in [1.807, 2.05) is 0 Å². The molecular formula is C17H19FN4O. The van der Waals surface area contributed by atoms with Crippen molar-refractivity contribution in [2.24, 2.45) is 11.7 Å². The first-order chi connectivity index (χ1) is 11.1. The number of anilines is 2. The van der Waals surface area contributed by atoms with E-state index in [0.717, 1.165) is 12.8 Å². The number of pyridine rings is 1. The van der Waals surface area contributed by atoms with Crippen molar-refractivity contribution in [1.82, 2.24) is 10.3 Å². The van der Waals surface area contributed by atoms with Gasteiger partial charge >= 0.3 is 0 Å². The Bertz CT molecular complexity index is 702. The van der Waals surface area contributed by atoms with Crippen LogP contribution in [-0.4, -0.2) is 23.5 Å². The minimum absolute atomic E-state index is 0.0152. The molecular weight excluding hydrogens is 295 g/mol. The van der Waals surface area contributed by atoms with Crippen LogP contribution in [0.5, 0.6) is 0 Å². The van der Waals surface area contributed by atoms with E-state index in [4.69, 9.17) is 5.73 Å². The summed E-state index contributed by atoms with van der Waals surface area (Å²) in [5.41, 5.74) is 6.62. The minimum Gasteiger partial charge on any atom is -0.350 e. The molecule has 1 aliphatic carbocycles. The maximum atomic E-state index is 13.8. The van der Waals surface area contributed by atoms with E-state index < -0.39 is 5.82 Å². The Hall–Kier alpha value is -2.47. The Morgan fingerprint density at radius 3 is 2.83 bits per heavy atom. The summed E-state index contributed by atoms with van der Waals surface area (Å²) in [6.45, 7) is 0.428. The number of nitrogens with one attached hydrogen (secondary N) is 2. The number of aromatic nitrogens is 1. The molecule has 0 spiro atoms. The molecule has 0 aliphatic heterocycles. The van der Waals surface area contributed by atoms with Gasteiger partial charge in [0.25, 0.3) is 5.91 Å². The van der Waals surface area contributed by atoms with Crippen LogP contribution in [0.3, 0.4) is 0 Å². The maximum absolute atomic E-state index is 13.8. The Balaban J connectivity index is 1.72. The van der Waals surface area contributed by atoms with Crippen molar-refractivity contribution < 1.29 is 9.18 Å². The van der Waals surface area contributed by atoms with Gasteiger partial charge in [0.05, 0.1) is 11.3 Å². The molecule has 0 radical (unpaired) electrons. The van der Waals surface area contributed by atoms with Gasteiger partial charge in [0.1, 0.15) is 11.6 Å². The number of hydrogen-bond donors (Lipinski definition) is 3. The Morgan fingerprint density at radius 2 is 2.09 bits per heavy atom. The normalized spacial score (nSPS) is 15.0. The van der Waals surface area contributed by atoms with Gasteiger partial charge in [0, 0.05) is 18.8 Å². The van der Waals surface area contributed by atoms with Crippen molar-refractivity contribution in [1.29, 1.82) is 0 Å². The number of nitrogens with zero attached hydrogens (tertiary/aromatic N) is 1. The van der Waals surface area contributed by atoms with Gasteiger partial charge in [-0.3, -0.25) is 4.79 Å². The average molecular weight is 314 g/mol. The van der Waals surface area contributed by atoms with Crippen molar-refractivity contribution in [3.63, 3.8) is 0 Å². The van der Waals surface area contributed by atoms with Gasteiger partial charge < -0.3 is 16.4 Å². The van der Waals surface area contributed by atoms with Crippen molar-refractivity contribution in [3.8, 4) is 0 Å². The lowest BCUT2D eigenvalue weighted by Gasteiger charge is -2.14. The van der Waals surface area contributed by atoms with Gasteiger partial charge in [-0.25, -0.2) is 9.37 Å². The smallest absolute Gasteiger partial charge is 0.255 e. The zero-order valence-corrected chi connectivity index (χ0v) is 12.6. The molecule has 1 amide bonds. The minimum atomic E-state index is -0.403. The highest BCUT2D eigenvalue weighted by molar-refractivity contribution is 5.99.